The first-order chi connectivity index (χ1) is 23.2. The normalized spacial score (nSPS) is 11.1. The summed E-state index contributed by atoms with van der Waals surface area (Å²) in [6, 6.07) is 60.7. The van der Waals surface area contributed by atoms with Crippen LogP contribution in [0.2, 0.25) is 0 Å². The molecule has 0 aliphatic heterocycles. The van der Waals surface area contributed by atoms with Crippen LogP contribution in [0, 0.1) is 0 Å². The van der Waals surface area contributed by atoms with E-state index in [-0.39, 0.29) is 0 Å². The van der Waals surface area contributed by atoms with E-state index in [0.717, 1.165) is 25.3 Å². The van der Waals surface area contributed by atoms with Crippen LogP contribution in [-0.2, 0) is 6.54 Å². The molecule has 0 unspecified atom stereocenters. The van der Waals surface area contributed by atoms with Gasteiger partial charge in [-0.25, -0.2) is 0 Å². The lowest BCUT2D eigenvalue weighted by atomic mass is 9.93. The Kier molecular flexibility index (Phi) is 10.4. The Bertz CT molecular complexity index is 1830. The second-order valence-electron chi connectivity index (χ2n) is 11.6. The molecule has 0 aliphatic rings. The van der Waals surface area contributed by atoms with Crippen molar-refractivity contribution in [1.82, 2.24) is 0 Å². The van der Waals surface area contributed by atoms with Crippen molar-refractivity contribution in [2.24, 2.45) is 0 Å². The summed E-state index contributed by atoms with van der Waals surface area (Å²) in [5, 5.41) is 0. The summed E-state index contributed by atoms with van der Waals surface area (Å²) in [5.74, 6) is 0. The van der Waals surface area contributed by atoms with Crippen LogP contribution in [0.4, 0.5) is 17.1 Å². The summed E-state index contributed by atoms with van der Waals surface area (Å²) < 4.78 is 0. The lowest BCUT2D eigenvalue weighted by molar-refractivity contribution is 0.866. The number of nitrogens with zero attached hydrogens (tertiary/aromatic N) is 2. The maximum atomic E-state index is 2.38. The molecular formula is C45H42N2. The molecule has 0 aliphatic carbocycles. The minimum absolute atomic E-state index is 0.792. The van der Waals surface area contributed by atoms with Gasteiger partial charge in [-0.05, 0) is 89.2 Å². The number of rotatable bonds is 12. The molecule has 0 heterocycles. The molecule has 0 fully saturated rings. The lowest BCUT2D eigenvalue weighted by Crippen LogP contribution is -2.21. The Balaban J connectivity index is 1.43. The van der Waals surface area contributed by atoms with Gasteiger partial charge < -0.3 is 9.80 Å². The third-order valence-electron chi connectivity index (χ3n) is 8.63. The smallest absolute Gasteiger partial charge is 0.0481 e. The molecule has 47 heavy (non-hydrogen) atoms. The van der Waals surface area contributed by atoms with Crippen LogP contribution in [0.1, 0.15) is 41.7 Å². The van der Waals surface area contributed by atoms with E-state index in [1.54, 1.807) is 0 Å². The zero-order valence-electron chi connectivity index (χ0n) is 27.3. The largest absolute Gasteiger partial charge is 0.372 e. The Labute approximate surface area is 280 Å². The third kappa shape index (κ3) is 7.80. The van der Waals surface area contributed by atoms with Gasteiger partial charge in [0.05, 0.1) is 0 Å². The van der Waals surface area contributed by atoms with Crippen LogP contribution in [0.5, 0.6) is 0 Å². The van der Waals surface area contributed by atoms with Gasteiger partial charge >= 0.3 is 0 Å². The first-order valence-corrected chi connectivity index (χ1v) is 16.6. The molecule has 6 aromatic carbocycles. The fourth-order valence-corrected chi connectivity index (χ4v) is 6.09. The van der Waals surface area contributed by atoms with Gasteiger partial charge in [0.1, 0.15) is 0 Å². The van der Waals surface area contributed by atoms with Crippen molar-refractivity contribution in [3.05, 3.63) is 210 Å². The topological polar surface area (TPSA) is 6.48 Å². The number of hydrogen-bond donors (Lipinski definition) is 0. The number of anilines is 3. The van der Waals surface area contributed by atoms with Crippen molar-refractivity contribution in [2.75, 3.05) is 22.9 Å². The predicted octanol–water partition coefficient (Wildman–Crippen LogP) is 11.4. The monoisotopic (exact) mass is 610 g/mol. The molecule has 0 amide bonds. The first kappa shape index (κ1) is 31.4. The highest BCUT2D eigenvalue weighted by atomic mass is 15.1. The second-order valence-corrected chi connectivity index (χ2v) is 11.6. The van der Waals surface area contributed by atoms with Gasteiger partial charge in [0.2, 0.25) is 0 Å². The quantitative estimate of drug-likeness (QED) is 0.127. The molecule has 0 radical (unpaired) electrons. The van der Waals surface area contributed by atoms with E-state index in [1.807, 2.05) is 0 Å². The number of hydrogen-bond acceptors (Lipinski definition) is 2. The van der Waals surface area contributed by atoms with Gasteiger partial charge in [-0.3, -0.25) is 0 Å². The molecule has 0 atom stereocenters. The first-order valence-electron chi connectivity index (χ1n) is 16.6. The van der Waals surface area contributed by atoms with E-state index >= 15 is 0 Å². The molecule has 6 aromatic rings. The predicted molar refractivity (Wildman–Crippen MR) is 202 cm³/mol. The summed E-state index contributed by atoms with van der Waals surface area (Å²) in [7, 11) is 0. The average molecular weight is 611 g/mol. The van der Waals surface area contributed by atoms with E-state index in [2.05, 4.69) is 206 Å². The Morgan fingerprint density at radius 3 is 1.21 bits per heavy atom. The standard InChI is InChI=1S/C45H42N2/c1-3-46(4-2)41-29-25-39(26-30-41)45(34-33-44(37-19-11-6-12-20-37)38-21-13-7-14-22-38)40-27-31-43(32-28-40)47(42-23-15-8-16-24-42)35-36-17-9-5-10-18-36/h5-34H,3-4,35H2,1-2H3/b45-34+. The average Bonchev–Trinajstić information content (AvgIpc) is 3.15. The lowest BCUT2D eigenvalue weighted by Gasteiger charge is -2.26. The zero-order chi connectivity index (χ0) is 32.3. The van der Waals surface area contributed by atoms with Crippen LogP contribution in [0.3, 0.4) is 0 Å². The van der Waals surface area contributed by atoms with Crippen LogP contribution >= 0.6 is 0 Å². The highest BCUT2D eigenvalue weighted by Gasteiger charge is 2.13. The highest BCUT2D eigenvalue weighted by molar-refractivity contribution is 5.87. The molecular weight excluding hydrogens is 569 g/mol. The van der Waals surface area contributed by atoms with E-state index in [0.29, 0.717) is 0 Å². The Hall–Kier alpha value is -5.60. The van der Waals surface area contributed by atoms with E-state index in [9.17, 15) is 0 Å². The molecule has 2 heteroatoms. The van der Waals surface area contributed by atoms with Crippen LogP contribution in [0.25, 0.3) is 11.1 Å². The van der Waals surface area contributed by atoms with Crippen molar-refractivity contribution in [3.63, 3.8) is 0 Å². The van der Waals surface area contributed by atoms with Crippen molar-refractivity contribution >= 4 is 28.2 Å². The van der Waals surface area contributed by atoms with Gasteiger partial charge in [-0.15, -0.1) is 0 Å². The fourth-order valence-electron chi connectivity index (χ4n) is 6.09. The fraction of sp³-hybridized carbons (Fsp3) is 0.111. The molecule has 0 aromatic heterocycles. The van der Waals surface area contributed by atoms with Gasteiger partial charge in [-0.2, -0.15) is 0 Å². The van der Waals surface area contributed by atoms with Crippen molar-refractivity contribution in [1.29, 1.82) is 0 Å². The molecule has 0 saturated heterocycles. The summed E-state index contributed by atoms with van der Waals surface area (Å²) in [5.41, 5.74) is 12.0. The van der Waals surface area contributed by atoms with Crippen LogP contribution < -0.4 is 9.80 Å². The Morgan fingerprint density at radius 1 is 0.404 bits per heavy atom. The maximum Gasteiger partial charge on any atom is 0.0481 e. The number of para-hydroxylation sites is 1. The molecule has 0 N–H and O–H groups in total. The molecule has 6 rings (SSSR count). The number of allylic oxidation sites excluding steroid dienone is 2. The van der Waals surface area contributed by atoms with Gasteiger partial charge in [0.15, 0.2) is 0 Å². The van der Waals surface area contributed by atoms with E-state index < -0.39 is 0 Å². The second kappa shape index (κ2) is 15.6. The van der Waals surface area contributed by atoms with Crippen LogP contribution in [-0.4, -0.2) is 13.1 Å². The van der Waals surface area contributed by atoms with Crippen molar-refractivity contribution < 1.29 is 0 Å². The molecule has 2 nitrogen and oxygen atoms in total. The van der Waals surface area contributed by atoms with Crippen molar-refractivity contribution in [2.45, 2.75) is 20.4 Å². The van der Waals surface area contributed by atoms with E-state index in [4.69, 9.17) is 0 Å². The zero-order valence-corrected chi connectivity index (χ0v) is 27.3. The summed E-state index contributed by atoms with van der Waals surface area (Å²) in [6.07, 6.45) is 4.56. The SMILES string of the molecule is CCN(CC)c1ccc(/C(=C\C=C(c2ccccc2)c2ccccc2)c2ccc(N(Cc3ccccc3)c3ccccc3)cc2)cc1. The summed E-state index contributed by atoms with van der Waals surface area (Å²) in [6.45, 7) is 7.18. The highest BCUT2D eigenvalue weighted by Crippen LogP contribution is 2.32. The van der Waals surface area contributed by atoms with Crippen molar-refractivity contribution in [3.8, 4) is 0 Å². The molecule has 0 saturated carbocycles. The summed E-state index contributed by atoms with van der Waals surface area (Å²) in [4.78, 5) is 4.76. The molecule has 232 valence electrons. The van der Waals surface area contributed by atoms with Gasteiger partial charge in [0.25, 0.3) is 0 Å². The minimum atomic E-state index is 0.792. The van der Waals surface area contributed by atoms with Crippen LogP contribution in [0.15, 0.2) is 182 Å². The minimum Gasteiger partial charge on any atom is -0.372 e. The summed E-state index contributed by atoms with van der Waals surface area (Å²) >= 11 is 0. The van der Waals surface area contributed by atoms with Gasteiger partial charge in [0, 0.05) is 36.7 Å². The molecule has 0 bridgehead atoms. The number of benzene rings is 6. The van der Waals surface area contributed by atoms with Gasteiger partial charge in [-0.1, -0.05) is 146 Å². The molecule has 0 spiro atoms. The third-order valence-corrected chi connectivity index (χ3v) is 8.63. The Morgan fingerprint density at radius 2 is 0.766 bits per heavy atom. The maximum absolute atomic E-state index is 2.38. The van der Waals surface area contributed by atoms with E-state index in [1.165, 1.54) is 50.3 Å².